The Morgan fingerprint density at radius 3 is 2.67 bits per heavy atom. The summed E-state index contributed by atoms with van der Waals surface area (Å²) in [6.07, 6.45) is 3.47. The molecular formula is C23H24ClN3O3. The van der Waals surface area contributed by atoms with E-state index in [1.807, 2.05) is 24.3 Å². The SMILES string of the molecule is COc1ccc(N2CCC(NC(=O)COc3ccc(Cl)c4cccnc34)CC2)cc1. The van der Waals surface area contributed by atoms with Crippen LogP contribution in [0, 0.1) is 0 Å². The number of carbonyl (C=O) groups is 1. The monoisotopic (exact) mass is 425 g/mol. The Labute approximate surface area is 180 Å². The highest BCUT2D eigenvalue weighted by atomic mass is 35.5. The van der Waals surface area contributed by atoms with Crippen LogP contribution in [0.2, 0.25) is 5.02 Å². The number of anilines is 1. The van der Waals surface area contributed by atoms with Crippen molar-refractivity contribution in [1.29, 1.82) is 0 Å². The van der Waals surface area contributed by atoms with E-state index >= 15 is 0 Å². The molecule has 1 N–H and O–H groups in total. The number of rotatable bonds is 6. The van der Waals surface area contributed by atoms with Gasteiger partial charge in [-0.05, 0) is 61.4 Å². The van der Waals surface area contributed by atoms with Gasteiger partial charge in [0.05, 0.1) is 12.1 Å². The van der Waals surface area contributed by atoms with Crippen molar-refractivity contribution in [1.82, 2.24) is 10.3 Å². The highest BCUT2D eigenvalue weighted by Gasteiger charge is 2.21. The number of methoxy groups -OCH3 is 1. The zero-order valence-corrected chi connectivity index (χ0v) is 17.6. The number of aromatic nitrogens is 1. The van der Waals surface area contributed by atoms with Gasteiger partial charge in [0.2, 0.25) is 0 Å². The summed E-state index contributed by atoms with van der Waals surface area (Å²) in [5, 5.41) is 4.50. The van der Waals surface area contributed by atoms with Crippen LogP contribution in [0.3, 0.4) is 0 Å². The number of halogens is 1. The topological polar surface area (TPSA) is 63.7 Å². The van der Waals surface area contributed by atoms with Crippen molar-refractivity contribution in [3.8, 4) is 11.5 Å². The number of nitrogens with zero attached hydrogens (tertiary/aromatic N) is 2. The quantitative estimate of drug-likeness (QED) is 0.645. The number of ether oxygens (including phenoxy) is 2. The molecule has 3 aromatic rings. The second kappa shape index (κ2) is 9.22. The lowest BCUT2D eigenvalue weighted by Crippen LogP contribution is -2.46. The minimum absolute atomic E-state index is 0.0496. The number of pyridine rings is 1. The highest BCUT2D eigenvalue weighted by molar-refractivity contribution is 6.35. The van der Waals surface area contributed by atoms with Gasteiger partial charge in [0.1, 0.15) is 17.0 Å². The number of hydrogen-bond donors (Lipinski definition) is 1. The van der Waals surface area contributed by atoms with Gasteiger partial charge in [-0.25, -0.2) is 0 Å². The minimum Gasteiger partial charge on any atom is -0.497 e. The smallest absolute Gasteiger partial charge is 0.258 e. The first-order valence-corrected chi connectivity index (χ1v) is 10.4. The second-order valence-electron chi connectivity index (χ2n) is 7.26. The fourth-order valence-electron chi connectivity index (χ4n) is 3.72. The third-order valence-corrected chi connectivity index (χ3v) is 5.67. The van der Waals surface area contributed by atoms with E-state index in [0.29, 0.717) is 16.3 Å². The molecule has 1 fully saturated rings. The zero-order chi connectivity index (χ0) is 20.9. The summed E-state index contributed by atoms with van der Waals surface area (Å²) in [6.45, 7) is 1.74. The predicted molar refractivity (Wildman–Crippen MR) is 119 cm³/mol. The molecular weight excluding hydrogens is 402 g/mol. The van der Waals surface area contributed by atoms with E-state index in [9.17, 15) is 4.79 Å². The van der Waals surface area contributed by atoms with E-state index in [2.05, 4.69) is 27.3 Å². The summed E-state index contributed by atoms with van der Waals surface area (Å²) in [6, 6.07) is 15.4. The lowest BCUT2D eigenvalue weighted by atomic mass is 10.0. The molecule has 0 spiro atoms. The van der Waals surface area contributed by atoms with Crippen LogP contribution in [0.4, 0.5) is 5.69 Å². The maximum Gasteiger partial charge on any atom is 0.258 e. The molecule has 2 heterocycles. The Bertz CT molecular complexity index is 1020. The van der Waals surface area contributed by atoms with E-state index in [1.54, 1.807) is 25.4 Å². The normalized spacial score (nSPS) is 14.5. The molecule has 6 nitrogen and oxygen atoms in total. The summed E-state index contributed by atoms with van der Waals surface area (Å²) in [4.78, 5) is 19.1. The van der Waals surface area contributed by atoms with Crippen LogP contribution < -0.4 is 19.7 Å². The Hall–Kier alpha value is -2.99. The average molecular weight is 426 g/mol. The largest absolute Gasteiger partial charge is 0.497 e. The lowest BCUT2D eigenvalue weighted by Gasteiger charge is -2.34. The molecule has 1 saturated heterocycles. The molecule has 1 aromatic heterocycles. The Morgan fingerprint density at radius 2 is 1.93 bits per heavy atom. The molecule has 0 atom stereocenters. The number of piperidine rings is 1. The van der Waals surface area contributed by atoms with Gasteiger partial charge in [0, 0.05) is 36.4 Å². The van der Waals surface area contributed by atoms with Crippen LogP contribution in [0.15, 0.2) is 54.7 Å². The van der Waals surface area contributed by atoms with Gasteiger partial charge >= 0.3 is 0 Å². The molecule has 1 aliphatic heterocycles. The summed E-state index contributed by atoms with van der Waals surface area (Å²) in [5.74, 6) is 1.28. The summed E-state index contributed by atoms with van der Waals surface area (Å²) in [7, 11) is 1.67. The van der Waals surface area contributed by atoms with Crippen molar-refractivity contribution in [2.45, 2.75) is 18.9 Å². The second-order valence-corrected chi connectivity index (χ2v) is 7.67. The van der Waals surface area contributed by atoms with Crippen molar-refractivity contribution in [2.75, 3.05) is 31.7 Å². The van der Waals surface area contributed by atoms with Gasteiger partial charge in [-0.15, -0.1) is 0 Å². The molecule has 4 rings (SSSR count). The molecule has 2 aromatic carbocycles. The van der Waals surface area contributed by atoms with E-state index in [0.717, 1.165) is 37.1 Å². The third kappa shape index (κ3) is 4.60. The molecule has 1 amide bonds. The maximum absolute atomic E-state index is 12.4. The fraction of sp³-hybridized carbons (Fsp3) is 0.304. The molecule has 0 radical (unpaired) electrons. The Kier molecular flexibility index (Phi) is 6.23. The lowest BCUT2D eigenvalue weighted by molar-refractivity contribution is -0.123. The van der Waals surface area contributed by atoms with E-state index in [1.165, 1.54) is 5.69 Å². The highest BCUT2D eigenvalue weighted by Crippen LogP contribution is 2.29. The van der Waals surface area contributed by atoms with Crippen LogP contribution in [-0.2, 0) is 4.79 Å². The van der Waals surface area contributed by atoms with Gasteiger partial charge in [0.25, 0.3) is 5.91 Å². The minimum atomic E-state index is -0.128. The summed E-state index contributed by atoms with van der Waals surface area (Å²) in [5.41, 5.74) is 1.83. The summed E-state index contributed by atoms with van der Waals surface area (Å²) < 4.78 is 10.9. The molecule has 156 valence electrons. The van der Waals surface area contributed by atoms with Crippen molar-refractivity contribution in [3.05, 3.63) is 59.8 Å². The van der Waals surface area contributed by atoms with Crippen molar-refractivity contribution >= 4 is 34.1 Å². The molecule has 0 bridgehead atoms. The third-order valence-electron chi connectivity index (χ3n) is 5.34. The Balaban J connectivity index is 1.28. The molecule has 0 saturated carbocycles. The molecule has 30 heavy (non-hydrogen) atoms. The number of nitrogens with one attached hydrogen (secondary N) is 1. The first-order chi connectivity index (χ1) is 14.6. The van der Waals surface area contributed by atoms with Crippen molar-refractivity contribution in [2.24, 2.45) is 0 Å². The van der Waals surface area contributed by atoms with Crippen LogP contribution in [0.1, 0.15) is 12.8 Å². The van der Waals surface area contributed by atoms with E-state index < -0.39 is 0 Å². The van der Waals surface area contributed by atoms with E-state index in [4.69, 9.17) is 21.1 Å². The Morgan fingerprint density at radius 1 is 1.17 bits per heavy atom. The molecule has 7 heteroatoms. The number of hydrogen-bond acceptors (Lipinski definition) is 5. The van der Waals surface area contributed by atoms with Gasteiger partial charge in [-0.3, -0.25) is 9.78 Å². The number of fused-ring (bicyclic) bond motifs is 1. The average Bonchev–Trinajstić information content (AvgIpc) is 2.79. The first kappa shape index (κ1) is 20.3. The number of carbonyl (C=O) groups excluding carboxylic acids is 1. The molecule has 1 aliphatic rings. The maximum atomic E-state index is 12.4. The molecule has 0 aliphatic carbocycles. The standard InChI is InChI=1S/C23H24ClN3O3/c1-29-18-6-4-17(5-7-18)27-13-10-16(11-14-27)26-22(28)15-30-21-9-8-20(24)19-3-2-12-25-23(19)21/h2-9,12,16H,10-11,13-15H2,1H3,(H,26,28). The van der Waals surface area contributed by atoms with E-state index in [-0.39, 0.29) is 18.6 Å². The number of amides is 1. The zero-order valence-electron chi connectivity index (χ0n) is 16.8. The van der Waals surface area contributed by atoms with Gasteiger partial charge in [-0.1, -0.05) is 11.6 Å². The van der Waals surface area contributed by atoms with Crippen LogP contribution >= 0.6 is 11.6 Å². The summed E-state index contributed by atoms with van der Waals surface area (Å²) >= 11 is 6.21. The van der Waals surface area contributed by atoms with Gasteiger partial charge < -0.3 is 19.7 Å². The fourth-order valence-corrected chi connectivity index (χ4v) is 3.93. The van der Waals surface area contributed by atoms with Crippen molar-refractivity contribution in [3.63, 3.8) is 0 Å². The van der Waals surface area contributed by atoms with Crippen LogP contribution in [-0.4, -0.2) is 43.7 Å². The number of benzene rings is 2. The van der Waals surface area contributed by atoms with Gasteiger partial charge in [-0.2, -0.15) is 0 Å². The first-order valence-electron chi connectivity index (χ1n) is 9.98. The van der Waals surface area contributed by atoms with Crippen molar-refractivity contribution < 1.29 is 14.3 Å². The predicted octanol–water partition coefficient (Wildman–Crippen LogP) is 4.06. The van der Waals surface area contributed by atoms with Gasteiger partial charge in [0.15, 0.2) is 6.61 Å². The van der Waals surface area contributed by atoms with Crippen LogP contribution in [0.5, 0.6) is 11.5 Å². The van der Waals surface area contributed by atoms with Crippen LogP contribution in [0.25, 0.3) is 10.9 Å². The molecule has 0 unspecified atom stereocenters.